The number of nitrogens with zero attached hydrogens (tertiary/aromatic N) is 1. The van der Waals surface area contributed by atoms with Crippen LogP contribution in [0.3, 0.4) is 0 Å². The van der Waals surface area contributed by atoms with Crippen LogP contribution >= 0.6 is 0 Å². The number of benzene rings is 1. The predicted octanol–water partition coefficient (Wildman–Crippen LogP) is 2.67. The maximum Gasteiger partial charge on any atom is 0.120 e. The molecule has 2 aliphatic heterocycles. The molecule has 108 valence electrons. The highest BCUT2D eigenvalue weighted by Crippen LogP contribution is 2.43. The van der Waals surface area contributed by atoms with Crippen LogP contribution < -0.4 is 4.74 Å². The third-order valence-electron chi connectivity index (χ3n) is 5.11. The van der Waals surface area contributed by atoms with Crippen molar-refractivity contribution in [3.63, 3.8) is 0 Å². The van der Waals surface area contributed by atoms with E-state index in [2.05, 4.69) is 17.0 Å². The van der Waals surface area contributed by atoms with Gasteiger partial charge in [0.1, 0.15) is 11.4 Å². The molecule has 2 saturated heterocycles. The first kappa shape index (κ1) is 12.7. The predicted molar refractivity (Wildman–Crippen MR) is 77.8 cm³/mol. The molecule has 0 spiro atoms. The van der Waals surface area contributed by atoms with Gasteiger partial charge in [-0.1, -0.05) is 18.6 Å². The zero-order valence-corrected chi connectivity index (χ0v) is 11.9. The Balaban J connectivity index is 1.61. The minimum absolute atomic E-state index is 0.299. The summed E-state index contributed by atoms with van der Waals surface area (Å²) < 4.78 is 5.88. The molecule has 1 aliphatic carbocycles. The summed E-state index contributed by atoms with van der Waals surface area (Å²) in [6, 6.07) is 8.47. The van der Waals surface area contributed by atoms with Gasteiger partial charge in [0.05, 0.1) is 6.10 Å². The van der Waals surface area contributed by atoms with E-state index >= 15 is 0 Å². The van der Waals surface area contributed by atoms with Crippen LogP contribution in [0, 0.1) is 0 Å². The molecular formula is C17H23NO2. The smallest absolute Gasteiger partial charge is 0.120 e. The fourth-order valence-electron chi connectivity index (χ4n) is 3.83. The van der Waals surface area contributed by atoms with Crippen molar-refractivity contribution in [3.05, 3.63) is 29.8 Å². The lowest BCUT2D eigenvalue weighted by atomic mass is 9.83. The first-order valence-corrected chi connectivity index (χ1v) is 7.99. The van der Waals surface area contributed by atoms with Crippen LogP contribution in [0.2, 0.25) is 0 Å². The standard InChI is InChI=1S/C17H23NO2/c19-17(9-11-18-10-2-1-6-16(17)18)13-4-3-5-15(12-13)20-14-7-8-14/h3-5,12,14,16,19H,1-2,6-11H2. The van der Waals surface area contributed by atoms with E-state index < -0.39 is 5.60 Å². The number of piperidine rings is 1. The normalized spacial score (nSPS) is 34.0. The largest absolute Gasteiger partial charge is 0.490 e. The molecule has 1 aromatic rings. The molecule has 1 saturated carbocycles. The Labute approximate surface area is 120 Å². The zero-order valence-electron chi connectivity index (χ0n) is 11.9. The average molecular weight is 273 g/mol. The van der Waals surface area contributed by atoms with Crippen molar-refractivity contribution in [2.24, 2.45) is 0 Å². The monoisotopic (exact) mass is 273 g/mol. The van der Waals surface area contributed by atoms with Gasteiger partial charge in [-0.15, -0.1) is 0 Å². The Morgan fingerprint density at radius 3 is 2.90 bits per heavy atom. The van der Waals surface area contributed by atoms with Crippen LogP contribution in [0.15, 0.2) is 24.3 Å². The summed E-state index contributed by atoms with van der Waals surface area (Å²) in [5.74, 6) is 0.924. The van der Waals surface area contributed by atoms with Gasteiger partial charge in [0, 0.05) is 12.6 Å². The highest BCUT2D eigenvalue weighted by Gasteiger charge is 2.47. The number of fused-ring (bicyclic) bond motifs is 1. The summed E-state index contributed by atoms with van der Waals surface area (Å²) in [4.78, 5) is 2.47. The van der Waals surface area contributed by atoms with Crippen LogP contribution in [0.1, 0.15) is 44.1 Å². The molecule has 2 unspecified atom stereocenters. The fraction of sp³-hybridized carbons (Fsp3) is 0.647. The molecule has 2 heterocycles. The molecule has 1 aromatic carbocycles. The fourth-order valence-corrected chi connectivity index (χ4v) is 3.83. The molecule has 3 heteroatoms. The van der Waals surface area contributed by atoms with Gasteiger partial charge in [-0.3, -0.25) is 4.90 Å². The number of aliphatic hydroxyl groups is 1. The zero-order chi connectivity index (χ0) is 13.6. The molecule has 0 aromatic heterocycles. The Morgan fingerprint density at radius 2 is 2.05 bits per heavy atom. The second kappa shape index (κ2) is 4.74. The van der Waals surface area contributed by atoms with E-state index in [0.717, 1.165) is 37.2 Å². The molecule has 0 amide bonds. The summed E-state index contributed by atoms with van der Waals surface area (Å²) in [5, 5.41) is 11.2. The van der Waals surface area contributed by atoms with Gasteiger partial charge in [-0.2, -0.15) is 0 Å². The van der Waals surface area contributed by atoms with Crippen molar-refractivity contribution in [2.45, 2.75) is 56.3 Å². The molecular weight excluding hydrogens is 250 g/mol. The minimum Gasteiger partial charge on any atom is -0.490 e. The van der Waals surface area contributed by atoms with E-state index in [0.29, 0.717) is 12.1 Å². The maximum atomic E-state index is 11.2. The summed E-state index contributed by atoms with van der Waals surface area (Å²) in [6.45, 7) is 2.17. The van der Waals surface area contributed by atoms with Crippen LogP contribution in [0.5, 0.6) is 5.75 Å². The Bertz CT molecular complexity index is 500. The lowest BCUT2D eigenvalue weighted by Crippen LogP contribution is -2.45. The van der Waals surface area contributed by atoms with Crippen LogP contribution in [0.25, 0.3) is 0 Å². The first-order valence-electron chi connectivity index (χ1n) is 7.99. The average Bonchev–Trinajstić information content (AvgIpc) is 3.23. The lowest BCUT2D eigenvalue weighted by Gasteiger charge is -2.37. The molecule has 4 rings (SSSR count). The third kappa shape index (κ3) is 2.13. The van der Waals surface area contributed by atoms with Crippen LogP contribution in [-0.2, 0) is 5.60 Å². The molecule has 3 nitrogen and oxygen atoms in total. The lowest BCUT2D eigenvalue weighted by molar-refractivity contribution is -0.0139. The Hall–Kier alpha value is -1.06. The molecule has 0 bridgehead atoms. The van der Waals surface area contributed by atoms with Gasteiger partial charge in [-0.05, 0) is 56.3 Å². The van der Waals surface area contributed by atoms with Crippen molar-refractivity contribution in [3.8, 4) is 5.75 Å². The molecule has 20 heavy (non-hydrogen) atoms. The molecule has 1 N–H and O–H groups in total. The number of hydrogen-bond acceptors (Lipinski definition) is 3. The Kier molecular flexibility index (Phi) is 3.00. The van der Waals surface area contributed by atoms with E-state index in [1.165, 1.54) is 25.7 Å². The van der Waals surface area contributed by atoms with Gasteiger partial charge < -0.3 is 9.84 Å². The van der Waals surface area contributed by atoms with E-state index in [9.17, 15) is 5.11 Å². The van der Waals surface area contributed by atoms with Gasteiger partial charge in [-0.25, -0.2) is 0 Å². The maximum absolute atomic E-state index is 11.2. The summed E-state index contributed by atoms with van der Waals surface area (Å²) >= 11 is 0. The molecule has 0 radical (unpaired) electrons. The van der Waals surface area contributed by atoms with Crippen LogP contribution in [0.4, 0.5) is 0 Å². The van der Waals surface area contributed by atoms with Crippen molar-refractivity contribution in [1.29, 1.82) is 0 Å². The van der Waals surface area contributed by atoms with E-state index in [1.807, 2.05) is 12.1 Å². The van der Waals surface area contributed by atoms with Crippen molar-refractivity contribution < 1.29 is 9.84 Å². The highest BCUT2D eigenvalue weighted by atomic mass is 16.5. The van der Waals surface area contributed by atoms with E-state index in [1.54, 1.807) is 0 Å². The second-order valence-electron chi connectivity index (χ2n) is 6.57. The SMILES string of the molecule is OC1(c2cccc(OC3CC3)c2)CCN2CCCCC21. The van der Waals surface area contributed by atoms with E-state index in [4.69, 9.17) is 4.74 Å². The van der Waals surface area contributed by atoms with Crippen molar-refractivity contribution in [2.75, 3.05) is 13.1 Å². The summed E-state index contributed by atoms with van der Waals surface area (Å²) in [5.41, 5.74) is 0.369. The number of rotatable bonds is 3. The molecule has 2 atom stereocenters. The van der Waals surface area contributed by atoms with Gasteiger partial charge in [0.15, 0.2) is 0 Å². The third-order valence-corrected chi connectivity index (χ3v) is 5.11. The Morgan fingerprint density at radius 1 is 1.15 bits per heavy atom. The molecule has 3 fully saturated rings. The van der Waals surface area contributed by atoms with Gasteiger partial charge in [0.2, 0.25) is 0 Å². The molecule has 3 aliphatic rings. The number of ether oxygens (including phenoxy) is 1. The quantitative estimate of drug-likeness (QED) is 0.919. The van der Waals surface area contributed by atoms with E-state index in [-0.39, 0.29) is 0 Å². The first-order chi connectivity index (χ1) is 9.75. The minimum atomic E-state index is -0.677. The van der Waals surface area contributed by atoms with Gasteiger partial charge in [0.25, 0.3) is 0 Å². The second-order valence-corrected chi connectivity index (χ2v) is 6.57. The summed E-state index contributed by atoms with van der Waals surface area (Å²) in [7, 11) is 0. The van der Waals surface area contributed by atoms with Crippen molar-refractivity contribution in [1.82, 2.24) is 4.90 Å². The van der Waals surface area contributed by atoms with Crippen molar-refractivity contribution >= 4 is 0 Å². The topological polar surface area (TPSA) is 32.7 Å². The summed E-state index contributed by atoms with van der Waals surface area (Å²) in [6.07, 6.45) is 7.23. The highest BCUT2D eigenvalue weighted by molar-refractivity contribution is 5.35. The van der Waals surface area contributed by atoms with Crippen LogP contribution in [-0.4, -0.2) is 35.2 Å². The van der Waals surface area contributed by atoms with Gasteiger partial charge >= 0.3 is 0 Å². The number of hydrogen-bond donors (Lipinski definition) is 1.